The summed E-state index contributed by atoms with van der Waals surface area (Å²) in [5.74, 6) is 0. The third-order valence-corrected chi connectivity index (χ3v) is 0. The van der Waals surface area contributed by atoms with Crippen LogP contribution in [0.4, 0.5) is 0 Å². The molecule has 4 heteroatoms. The fourth-order valence-electron chi connectivity index (χ4n) is 0. The third-order valence-electron chi connectivity index (χ3n) is 0. The van der Waals surface area contributed by atoms with E-state index in [9.17, 15) is 0 Å². The molecule has 0 bridgehead atoms. The van der Waals surface area contributed by atoms with Crippen LogP contribution in [0.3, 0.4) is 0 Å². The maximum Gasteiger partial charge on any atom is 0 e. The maximum atomic E-state index is 0. The second-order valence-corrected chi connectivity index (χ2v) is 0. The molecule has 0 saturated heterocycles. The average Bonchev–Trinajstić information content (AvgIpc) is 0. The van der Waals surface area contributed by atoms with Crippen LogP contribution in [0.15, 0.2) is 0 Å². The van der Waals surface area contributed by atoms with Gasteiger partial charge in [-0.3, -0.25) is 0 Å². The van der Waals surface area contributed by atoms with E-state index in [-0.39, 0.29) is 49.9 Å². The van der Waals surface area contributed by atoms with Gasteiger partial charge in [0.05, 0.1) is 0 Å². The van der Waals surface area contributed by atoms with Gasteiger partial charge in [0.25, 0.3) is 0 Å². The topological polar surface area (TPSA) is 63.0 Å². The minimum absolute atomic E-state index is 0. The average molecular weight is 242 g/mol. The summed E-state index contributed by atoms with van der Waals surface area (Å²) in [6.45, 7) is 0. The summed E-state index contributed by atoms with van der Waals surface area (Å²) in [6.07, 6.45) is 0. The third kappa shape index (κ3) is 10.9. The summed E-state index contributed by atoms with van der Waals surface area (Å²) in [6, 6.07) is 0. The molecule has 2 nitrogen and oxygen atoms in total. The molecule has 0 saturated carbocycles. The largest absolute Gasteiger partial charge is 0.412 e. The van der Waals surface area contributed by atoms with Crippen molar-refractivity contribution >= 4 is 0 Å². The van der Waals surface area contributed by atoms with Crippen molar-refractivity contribution in [3.63, 3.8) is 0 Å². The first-order valence-corrected chi connectivity index (χ1v) is 0. The maximum absolute atomic E-state index is 0. The summed E-state index contributed by atoms with van der Waals surface area (Å²) in [4.78, 5) is 0. The minimum Gasteiger partial charge on any atom is -0.412 e. The van der Waals surface area contributed by atoms with Crippen molar-refractivity contribution < 1.29 is 49.9 Å². The second kappa shape index (κ2) is 30.7. The van der Waals surface area contributed by atoms with E-state index in [4.69, 9.17) is 0 Å². The van der Waals surface area contributed by atoms with Gasteiger partial charge in [0.2, 0.25) is 0 Å². The normalized spacial score (nSPS) is 0. The van der Waals surface area contributed by atoms with Crippen LogP contribution in [-0.2, 0) is 39.0 Å². The standard InChI is InChI=1S/2H2O.2Rh/h2*1H2;;. The van der Waals surface area contributed by atoms with Gasteiger partial charge in [-0.2, -0.15) is 0 Å². The molecule has 0 aliphatic carbocycles. The van der Waals surface area contributed by atoms with Crippen molar-refractivity contribution in [2.75, 3.05) is 0 Å². The predicted octanol–water partition coefficient (Wildman–Crippen LogP) is -1.65. The molecular formula is H4O2Rh2. The van der Waals surface area contributed by atoms with Gasteiger partial charge in [0.15, 0.2) is 0 Å². The van der Waals surface area contributed by atoms with E-state index >= 15 is 0 Å². The first-order chi connectivity index (χ1) is 0. The van der Waals surface area contributed by atoms with Crippen LogP contribution in [0, 0.1) is 0 Å². The van der Waals surface area contributed by atoms with Gasteiger partial charge in [-0.1, -0.05) is 0 Å². The van der Waals surface area contributed by atoms with E-state index in [1.54, 1.807) is 0 Å². The molecular weight excluding hydrogens is 238 g/mol. The van der Waals surface area contributed by atoms with Gasteiger partial charge < -0.3 is 11.0 Å². The molecule has 0 aromatic rings. The van der Waals surface area contributed by atoms with Crippen LogP contribution >= 0.6 is 0 Å². The first-order valence-electron chi connectivity index (χ1n) is 0. The zero-order valence-corrected chi connectivity index (χ0v) is 4.94. The van der Waals surface area contributed by atoms with E-state index in [0.717, 1.165) is 0 Å². The van der Waals surface area contributed by atoms with Crippen molar-refractivity contribution in [2.24, 2.45) is 0 Å². The van der Waals surface area contributed by atoms with Crippen LogP contribution in [0.1, 0.15) is 0 Å². The molecule has 4 heavy (non-hydrogen) atoms. The van der Waals surface area contributed by atoms with E-state index in [1.807, 2.05) is 0 Å². The van der Waals surface area contributed by atoms with Crippen molar-refractivity contribution in [1.29, 1.82) is 0 Å². The van der Waals surface area contributed by atoms with Crippen molar-refractivity contribution in [3.05, 3.63) is 0 Å². The molecule has 34 valence electrons. The van der Waals surface area contributed by atoms with Crippen molar-refractivity contribution in [1.82, 2.24) is 0 Å². The molecule has 0 aromatic carbocycles. The van der Waals surface area contributed by atoms with E-state index < -0.39 is 0 Å². The number of hydrogen-bond acceptors (Lipinski definition) is 0. The zero-order chi connectivity index (χ0) is 0. The van der Waals surface area contributed by atoms with Crippen molar-refractivity contribution in [3.8, 4) is 0 Å². The molecule has 0 rings (SSSR count). The Hall–Kier alpha value is 1.17. The van der Waals surface area contributed by atoms with Gasteiger partial charge in [-0.25, -0.2) is 0 Å². The number of hydrogen-bond donors (Lipinski definition) is 0. The fourth-order valence-corrected chi connectivity index (χ4v) is 0. The molecule has 0 unspecified atom stereocenters. The quantitative estimate of drug-likeness (QED) is 0.456. The molecule has 0 aliphatic rings. The zero-order valence-electron chi connectivity index (χ0n) is 1.67. The molecule has 0 aliphatic heterocycles. The van der Waals surface area contributed by atoms with Gasteiger partial charge >= 0.3 is 0 Å². The van der Waals surface area contributed by atoms with E-state index in [0.29, 0.717) is 0 Å². The Labute approximate surface area is 50.1 Å². The van der Waals surface area contributed by atoms with Gasteiger partial charge in [-0.15, -0.1) is 0 Å². The molecule has 0 atom stereocenters. The predicted molar refractivity (Wildman–Crippen MR) is 7.23 cm³/mol. The van der Waals surface area contributed by atoms with Crippen LogP contribution in [0.25, 0.3) is 0 Å². The molecule has 0 amide bonds. The Balaban J connectivity index is 0. The van der Waals surface area contributed by atoms with Crippen LogP contribution in [0.5, 0.6) is 0 Å². The van der Waals surface area contributed by atoms with Crippen LogP contribution < -0.4 is 0 Å². The Morgan fingerprint density at radius 1 is 0.500 bits per heavy atom. The van der Waals surface area contributed by atoms with Gasteiger partial charge in [-0.05, 0) is 0 Å². The molecule has 4 N–H and O–H groups in total. The number of rotatable bonds is 0. The van der Waals surface area contributed by atoms with E-state index in [2.05, 4.69) is 0 Å². The van der Waals surface area contributed by atoms with Gasteiger partial charge in [0.1, 0.15) is 0 Å². The monoisotopic (exact) mass is 242 g/mol. The molecule has 0 fully saturated rings. The van der Waals surface area contributed by atoms with Crippen LogP contribution in [-0.4, -0.2) is 11.0 Å². The Kier molecular flexibility index (Phi) is 506. The SMILES string of the molecule is O.O.[Rh].[Rh]. The molecule has 0 aromatic heterocycles. The van der Waals surface area contributed by atoms with Crippen LogP contribution in [0.2, 0.25) is 0 Å². The summed E-state index contributed by atoms with van der Waals surface area (Å²) in [5.41, 5.74) is 0. The summed E-state index contributed by atoms with van der Waals surface area (Å²) in [7, 11) is 0. The molecule has 0 heterocycles. The minimum atomic E-state index is 0. The van der Waals surface area contributed by atoms with Crippen molar-refractivity contribution in [2.45, 2.75) is 0 Å². The summed E-state index contributed by atoms with van der Waals surface area (Å²) < 4.78 is 0. The Morgan fingerprint density at radius 3 is 0.500 bits per heavy atom. The van der Waals surface area contributed by atoms with Gasteiger partial charge in [0, 0.05) is 39.0 Å². The molecule has 2 radical (unpaired) electrons. The Bertz CT molecular complexity index is 4.00. The van der Waals surface area contributed by atoms with E-state index in [1.165, 1.54) is 0 Å². The fraction of sp³-hybridized carbons (Fsp3) is 0. The Morgan fingerprint density at radius 2 is 0.500 bits per heavy atom. The first kappa shape index (κ1) is 65.9. The summed E-state index contributed by atoms with van der Waals surface area (Å²) >= 11 is 0. The summed E-state index contributed by atoms with van der Waals surface area (Å²) in [5, 5.41) is 0. The second-order valence-electron chi connectivity index (χ2n) is 0. The molecule has 0 spiro atoms. The smallest absolute Gasteiger partial charge is 0 e.